The van der Waals surface area contributed by atoms with Crippen molar-refractivity contribution in [2.45, 2.75) is 11.8 Å². The normalized spacial score (nSPS) is 11.2. The summed E-state index contributed by atoms with van der Waals surface area (Å²) in [5, 5.41) is 11.1. The first-order valence-corrected chi connectivity index (χ1v) is 7.59. The number of benzene rings is 1. The summed E-state index contributed by atoms with van der Waals surface area (Å²) in [6.07, 6.45) is 1.50. The summed E-state index contributed by atoms with van der Waals surface area (Å²) >= 11 is 1.13. The number of hydrogen-bond donors (Lipinski definition) is 2. The largest absolute Gasteiger partial charge is 0.399 e. The zero-order valence-electron chi connectivity index (χ0n) is 10.2. The molecule has 20 heavy (non-hydrogen) atoms. The van der Waals surface area contributed by atoms with Crippen LogP contribution in [0.2, 0.25) is 0 Å². The number of hydrogen-bond acceptors (Lipinski definition) is 7. The van der Waals surface area contributed by atoms with Gasteiger partial charge in [0.2, 0.25) is 0 Å². The molecule has 0 aliphatic heterocycles. The molecular weight excluding hydrogens is 304 g/mol. The van der Waals surface area contributed by atoms with E-state index in [1.54, 1.807) is 6.92 Å². The van der Waals surface area contributed by atoms with E-state index >= 15 is 0 Å². The van der Waals surface area contributed by atoms with Gasteiger partial charge in [0.15, 0.2) is 10.0 Å². The van der Waals surface area contributed by atoms with Gasteiger partial charge in [0.05, 0.1) is 4.92 Å². The highest BCUT2D eigenvalue weighted by Gasteiger charge is 2.26. The number of thiazole rings is 1. The highest BCUT2D eigenvalue weighted by Crippen LogP contribution is 2.28. The number of nitrogen functional groups attached to an aromatic ring is 1. The first-order chi connectivity index (χ1) is 9.29. The topological polar surface area (TPSA) is 128 Å². The smallest absolute Gasteiger partial charge is 0.291 e. The molecule has 0 fully saturated rings. The van der Waals surface area contributed by atoms with Crippen LogP contribution >= 0.6 is 11.3 Å². The zero-order valence-corrected chi connectivity index (χ0v) is 11.9. The fourth-order valence-corrected chi connectivity index (χ4v) is 3.54. The van der Waals surface area contributed by atoms with Crippen molar-refractivity contribution in [1.29, 1.82) is 0 Å². The van der Waals surface area contributed by atoms with Crippen LogP contribution in [0.4, 0.5) is 16.5 Å². The van der Waals surface area contributed by atoms with Crippen molar-refractivity contribution >= 4 is 37.9 Å². The second kappa shape index (κ2) is 5.06. The van der Waals surface area contributed by atoms with Crippen LogP contribution < -0.4 is 10.5 Å². The van der Waals surface area contributed by atoms with Crippen molar-refractivity contribution in [2.24, 2.45) is 0 Å². The first kappa shape index (κ1) is 14.2. The van der Waals surface area contributed by atoms with Crippen molar-refractivity contribution in [1.82, 2.24) is 4.98 Å². The van der Waals surface area contributed by atoms with Crippen LogP contribution in [-0.4, -0.2) is 18.3 Å². The number of nitrogens with one attached hydrogen (secondary N) is 1. The molecule has 0 aliphatic carbocycles. The number of nitrogens with two attached hydrogens (primary N) is 1. The van der Waals surface area contributed by atoms with E-state index in [1.807, 2.05) is 0 Å². The Bertz CT molecular complexity index is 769. The summed E-state index contributed by atoms with van der Waals surface area (Å²) in [7, 11) is -4.09. The summed E-state index contributed by atoms with van der Waals surface area (Å²) in [4.78, 5) is 14.3. The van der Waals surface area contributed by atoms with E-state index in [4.69, 9.17) is 5.73 Å². The molecule has 0 aliphatic rings. The molecule has 0 radical (unpaired) electrons. The van der Waals surface area contributed by atoms with Gasteiger partial charge in [-0.2, -0.15) is 0 Å². The van der Waals surface area contributed by atoms with Gasteiger partial charge in [-0.25, -0.2) is 13.4 Å². The second-order valence-electron chi connectivity index (χ2n) is 3.87. The average Bonchev–Trinajstić information content (AvgIpc) is 2.73. The van der Waals surface area contributed by atoms with E-state index < -0.39 is 25.5 Å². The van der Waals surface area contributed by atoms with Crippen molar-refractivity contribution < 1.29 is 13.3 Å². The van der Waals surface area contributed by atoms with Crippen LogP contribution in [0.25, 0.3) is 0 Å². The molecule has 0 bridgehead atoms. The second-order valence-corrected chi connectivity index (χ2v) is 6.75. The predicted octanol–water partition coefficient (Wildman–Crippen LogP) is 1.74. The summed E-state index contributed by atoms with van der Waals surface area (Å²) in [5.74, 6) is 0. The van der Waals surface area contributed by atoms with Gasteiger partial charge in [-0.1, -0.05) is 0 Å². The van der Waals surface area contributed by atoms with Crippen molar-refractivity contribution in [3.05, 3.63) is 39.4 Å². The fraction of sp³-hybridized carbons (Fsp3) is 0.100. The number of nitrogens with zero attached hydrogens (tertiary/aromatic N) is 2. The van der Waals surface area contributed by atoms with E-state index in [9.17, 15) is 18.5 Å². The lowest BCUT2D eigenvalue weighted by molar-refractivity contribution is -0.387. The Morgan fingerprint density at radius 3 is 2.70 bits per heavy atom. The maximum atomic E-state index is 12.2. The number of rotatable bonds is 4. The van der Waals surface area contributed by atoms with Crippen molar-refractivity contribution in [2.75, 3.05) is 10.5 Å². The summed E-state index contributed by atoms with van der Waals surface area (Å²) in [6, 6.07) is 3.38. The maximum absolute atomic E-state index is 12.2. The molecule has 1 aromatic carbocycles. The molecule has 10 heteroatoms. The Balaban J connectivity index is 2.46. The number of anilines is 2. The van der Waals surface area contributed by atoms with Gasteiger partial charge in [-0.05, 0) is 19.1 Å². The van der Waals surface area contributed by atoms with Gasteiger partial charge in [0.1, 0.15) is 0 Å². The maximum Gasteiger partial charge on any atom is 0.291 e. The zero-order chi connectivity index (χ0) is 14.9. The van der Waals surface area contributed by atoms with Crippen molar-refractivity contribution in [3.8, 4) is 0 Å². The number of nitro benzene ring substituents is 1. The van der Waals surface area contributed by atoms with Crippen LogP contribution in [-0.2, 0) is 10.0 Å². The predicted molar refractivity (Wildman–Crippen MR) is 75.2 cm³/mol. The van der Waals surface area contributed by atoms with Crippen LogP contribution in [0.3, 0.4) is 0 Å². The van der Waals surface area contributed by atoms with E-state index in [-0.39, 0.29) is 10.8 Å². The number of nitro groups is 1. The minimum atomic E-state index is -4.09. The third-order valence-electron chi connectivity index (χ3n) is 2.31. The first-order valence-electron chi connectivity index (χ1n) is 5.29. The molecule has 0 unspecified atom stereocenters. The molecule has 0 saturated heterocycles. The van der Waals surface area contributed by atoms with Crippen molar-refractivity contribution in [3.63, 3.8) is 0 Å². The Labute approximate surface area is 118 Å². The Morgan fingerprint density at radius 1 is 1.45 bits per heavy atom. The minimum absolute atomic E-state index is 0.112. The van der Waals surface area contributed by atoms with Gasteiger partial charge in [-0.3, -0.25) is 14.8 Å². The highest BCUT2D eigenvalue weighted by molar-refractivity contribution is 7.93. The van der Waals surface area contributed by atoms with Crippen LogP contribution in [0.15, 0.2) is 29.3 Å². The molecule has 1 heterocycles. The Morgan fingerprint density at radius 2 is 2.15 bits per heavy atom. The molecule has 0 atom stereocenters. The summed E-state index contributed by atoms with van der Waals surface area (Å²) < 4.78 is 26.5. The minimum Gasteiger partial charge on any atom is -0.399 e. The standard InChI is InChI=1S/C10H10N4O4S2/c1-6-5-12-10(19-6)13-20(17,18)9-3-2-7(11)4-8(9)14(15)16/h2-5H,11H2,1H3,(H,12,13). The lowest BCUT2D eigenvalue weighted by Gasteiger charge is -2.06. The van der Waals surface area contributed by atoms with E-state index in [2.05, 4.69) is 9.71 Å². The van der Waals surface area contributed by atoms with Crippen LogP contribution in [0, 0.1) is 17.0 Å². The fourth-order valence-electron chi connectivity index (χ4n) is 1.48. The van der Waals surface area contributed by atoms with Crippen LogP contribution in [0.5, 0.6) is 0 Å². The molecule has 2 rings (SSSR count). The molecule has 3 N–H and O–H groups in total. The lowest BCUT2D eigenvalue weighted by Crippen LogP contribution is -2.14. The number of sulfonamides is 1. The van der Waals surface area contributed by atoms with Gasteiger partial charge < -0.3 is 5.73 Å². The monoisotopic (exact) mass is 314 g/mol. The van der Waals surface area contributed by atoms with Gasteiger partial charge in [0, 0.05) is 22.8 Å². The molecule has 2 aromatic rings. The molecular formula is C10H10N4O4S2. The molecule has 8 nitrogen and oxygen atoms in total. The number of aryl methyl sites for hydroxylation is 1. The average molecular weight is 314 g/mol. The molecule has 0 amide bonds. The van der Waals surface area contributed by atoms with Gasteiger partial charge in [0.25, 0.3) is 15.7 Å². The lowest BCUT2D eigenvalue weighted by atomic mass is 10.3. The quantitative estimate of drug-likeness (QED) is 0.502. The van der Waals surface area contributed by atoms with Gasteiger partial charge >= 0.3 is 0 Å². The summed E-state index contributed by atoms with van der Waals surface area (Å²) in [6.45, 7) is 1.77. The molecule has 1 aromatic heterocycles. The summed E-state index contributed by atoms with van der Waals surface area (Å²) in [5.41, 5.74) is 4.97. The molecule has 0 saturated carbocycles. The number of aromatic nitrogens is 1. The van der Waals surface area contributed by atoms with E-state index in [1.165, 1.54) is 12.3 Å². The Kier molecular flexibility index (Phi) is 3.59. The van der Waals surface area contributed by atoms with Gasteiger partial charge in [-0.15, -0.1) is 11.3 Å². The van der Waals surface area contributed by atoms with E-state index in [0.717, 1.165) is 28.3 Å². The highest BCUT2D eigenvalue weighted by atomic mass is 32.2. The Hall–Kier alpha value is -2.20. The third kappa shape index (κ3) is 2.86. The SMILES string of the molecule is Cc1cnc(NS(=O)(=O)c2ccc(N)cc2[N+](=O)[O-])s1. The molecule has 106 valence electrons. The molecule has 0 spiro atoms. The third-order valence-corrected chi connectivity index (χ3v) is 4.66. The van der Waals surface area contributed by atoms with Crippen LogP contribution in [0.1, 0.15) is 4.88 Å². The van der Waals surface area contributed by atoms with E-state index in [0.29, 0.717) is 0 Å².